The van der Waals surface area contributed by atoms with Crippen molar-refractivity contribution < 1.29 is 22.6 Å². The van der Waals surface area contributed by atoms with Crippen molar-refractivity contribution in [3.63, 3.8) is 0 Å². The summed E-state index contributed by atoms with van der Waals surface area (Å²) >= 11 is 0. The molecule has 0 unspecified atom stereocenters. The molecule has 0 radical (unpaired) electrons. The average molecular weight is 453 g/mol. The van der Waals surface area contributed by atoms with E-state index in [-0.39, 0.29) is 11.5 Å². The molecule has 1 saturated heterocycles. The molecule has 172 valence electrons. The molecule has 0 bridgehead atoms. The number of allylic oxidation sites excluding steroid dienone is 1. The first-order valence-electron chi connectivity index (χ1n) is 11.2. The van der Waals surface area contributed by atoms with Crippen molar-refractivity contribution in [3.05, 3.63) is 95.3 Å². The summed E-state index contributed by atoms with van der Waals surface area (Å²) in [7, 11) is 0. The third kappa shape index (κ3) is 5.05. The molecule has 0 aliphatic carbocycles. The van der Waals surface area contributed by atoms with Crippen LogP contribution in [0.2, 0.25) is 0 Å². The maximum atomic E-state index is 14.9. The largest absolute Gasteiger partial charge is 0.348 e. The summed E-state index contributed by atoms with van der Waals surface area (Å²) in [5.41, 5.74) is 2.78. The summed E-state index contributed by atoms with van der Waals surface area (Å²) in [6.45, 7) is 4.92. The van der Waals surface area contributed by atoms with Gasteiger partial charge in [0.2, 0.25) is 0 Å². The van der Waals surface area contributed by atoms with Crippen LogP contribution in [0, 0.1) is 23.4 Å². The van der Waals surface area contributed by atoms with Gasteiger partial charge in [-0.25, -0.2) is 13.2 Å². The lowest BCUT2D eigenvalue weighted by atomic mass is 9.97. The van der Waals surface area contributed by atoms with E-state index in [0.29, 0.717) is 47.5 Å². The normalized spacial score (nSPS) is 18.7. The van der Waals surface area contributed by atoms with Crippen LogP contribution in [-0.2, 0) is 15.9 Å². The van der Waals surface area contributed by atoms with E-state index < -0.39 is 23.7 Å². The first-order chi connectivity index (χ1) is 16.0. The van der Waals surface area contributed by atoms with Gasteiger partial charge in [-0.3, -0.25) is 0 Å². The van der Waals surface area contributed by atoms with E-state index in [9.17, 15) is 13.2 Å². The number of benzene rings is 3. The minimum absolute atomic E-state index is 0.192. The standard InChI is InChI=1S/C28H27F3O2/c1-3-5-18-16-32-28(33-17-18)22-12-13-23(25(29)15-22)19-7-9-20(10-8-19)24-14-11-21(6-4-2)26(30)27(24)31/h3,5,7-15,18,28H,4,6,16-17H2,1-2H3. The molecule has 2 nitrogen and oxygen atoms in total. The smallest absolute Gasteiger partial charge is 0.183 e. The average Bonchev–Trinajstić information content (AvgIpc) is 2.83. The summed E-state index contributed by atoms with van der Waals surface area (Å²) in [6, 6.07) is 14.9. The van der Waals surface area contributed by atoms with E-state index >= 15 is 0 Å². The van der Waals surface area contributed by atoms with Crippen LogP contribution in [0.5, 0.6) is 0 Å². The lowest BCUT2D eigenvalue weighted by Gasteiger charge is -2.28. The van der Waals surface area contributed by atoms with Crippen LogP contribution in [0.25, 0.3) is 22.3 Å². The molecule has 1 aliphatic heterocycles. The van der Waals surface area contributed by atoms with Gasteiger partial charge >= 0.3 is 0 Å². The van der Waals surface area contributed by atoms with Gasteiger partial charge in [-0.2, -0.15) is 0 Å². The second-order valence-electron chi connectivity index (χ2n) is 8.25. The second-order valence-corrected chi connectivity index (χ2v) is 8.25. The molecule has 3 aromatic carbocycles. The van der Waals surface area contributed by atoms with Crippen LogP contribution in [0.3, 0.4) is 0 Å². The molecule has 0 saturated carbocycles. The Balaban J connectivity index is 1.52. The Hall–Kier alpha value is -2.89. The highest BCUT2D eigenvalue weighted by atomic mass is 19.2. The summed E-state index contributed by atoms with van der Waals surface area (Å²) < 4.78 is 55.3. The molecule has 4 rings (SSSR count). The molecule has 0 atom stereocenters. The van der Waals surface area contributed by atoms with Gasteiger partial charge in [-0.05, 0) is 36.1 Å². The van der Waals surface area contributed by atoms with E-state index in [1.54, 1.807) is 48.5 Å². The molecule has 0 N–H and O–H groups in total. The number of ether oxygens (including phenoxy) is 2. The zero-order chi connectivity index (χ0) is 23.4. The maximum Gasteiger partial charge on any atom is 0.183 e. The zero-order valence-corrected chi connectivity index (χ0v) is 18.8. The molecule has 33 heavy (non-hydrogen) atoms. The van der Waals surface area contributed by atoms with Crippen molar-refractivity contribution in [2.24, 2.45) is 5.92 Å². The molecule has 0 spiro atoms. The molecule has 0 aromatic heterocycles. The highest BCUT2D eigenvalue weighted by Gasteiger charge is 2.23. The molecule has 5 heteroatoms. The quantitative estimate of drug-likeness (QED) is 0.358. The van der Waals surface area contributed by atoms with Crippen LogP contribution in [0.4, 0.5) is 13.2 Å². The van der Waals surface area contributed by atoms with Gasteiger partial charge in [0.25, 0.3) is 0 Å². The van der Waals surface area contributed by atoms with Gasteiger partial charge in [0.15, 0.2) is 17.9 Å². The molecule has 3 aromatic rings. The number of rotatable bonds is 6. The van der Waals surface area contributed by atoms with Gasteiger partial charge < -0.3 is 9.47 Å². The van der Waals surface area contributed by atoms with Crippen molar-refractivity contribution in [1.29, 1.82) is 0 Å². The van der Waals surface area contributed by atoms with Crippen LogP contribution in [0.1, 0.15) is 37.7 Å². The van der Waals surface area contributed by atoms with Crippen molar-refractivity contribution in [1.82, 2.24) is 0 Å². The first-order valence-corrected chi connectivity index (χ1v) is 11.2. The topological polar surface area (TPSA) is 18.5 Å². The Labute approximate surface area is 192 Å². The van der Waals surface area contributed by atoms with E-state index in [1.165, 1.54) is 6.07 Å². The van der Waals surface area contributed by atoms with Crippen molar-refractivity contribution in [2.75, 3.05) is 13.2 Å². The number of halogens is 3. The van der Waals surface area contributed by atoms with Crippen LogP contribution in [0.15, 0.2) is 66.7 Å². The van der Waals surface area contributed by atoms with Crippen molar-refractivity contribution >= 4 is 0 Å². The fraction of sp³-hybridized carbons (Fsp3) is 0.286. The minimum Gasteiger partial charge on any atom is -0.348 e. The Bertz CT molecular complexity index is 1130. The van der Waals surface area contributed by atoms with Crippen molar-refractivity contribution in [3.8, 4) is 22.3 Å². The summed E-state index contributed by atoms with van der Waals surface area (Å²) in [4.78, 5) is 0. The zero-order valence-electron chi connectivity index (χ0n) is 18.8. The SMILES string of the molecule is CC=CC1COC(c2ccc(-c3ccc(-c4ccc(CCC)c(F)c4F)cc3)c(F)c2)OC1. The van der Waals surface area contributed by atoms with Crippen molar-refractivity contribution in [2.45, 2.75) is 33.0 Å². The Morgan fingerprint density at radius 2 is 1.48 bits per heavy atom. The number of hydrogen-bond donors (Lipinski definition) is 0. The molecule has 1 aliphatic rings. The second kappa shape index (κ2) is 10.4. The van der Waals surface area contributed by atoms with Crippen LogP contribution in [-0.4, -0.2) is 13.2 Å². The third-order valence-electron chi connectivity index (χ3n) is 5.84. The fourth-order valence-electron chi connectivity index (χ4n) is 4.11. The van der Waals surface area contributed by atoms with Crippen LogP contribution < -0.4 is 0 Å². The summed E-state index contributed by atoms with van der Waals surface area (Å²) in [5.74, 6) is -1.85. The Morgan fingerprint density at radius 1 is 0.848 bits per heavy atom. The first kappa shape index (κ1) is 23.3. The number of hydrogen-bond acceptors (Lipinski definition) is 2. The molecular formula is C28H27F3O2. The van der Waals surface area contributed by atoms with E-state index in [0.717, 1.165) is 6.42 Å². The van der Waals surface area contributed by atoms with Gasteiger partial charge in [-0.1, -0.05) is 74.0 Å². The third-order valence-corrected chi connectivity index (χ3v) is 5.84. The molecule has 1 fully saturated rings. The summed E-state index contributed by atoms with van der Waals surface area (Å²) in [6.07, 6.45) is 4.63. The predicted octanol–water partition coefficient (Wildman–Crippen LogP) is 7.63. The van der Waals surface area contributed by atoms with Gasteiger partial charge in [0, 0.05) is 22.6 Å². The lowest BCUT2D eigenvalue weighted by Crippen LogP contribution is -2.25. The highest BCUT2D eigenvalue weighted by molar-refractivity contribution is 5.71. The van der Waals surface area contributed by atoms with Gasteiger partial charge in [0.05, 0.1) is 13.2 Å². The van der Waals surface area contributed by atoms with E-state index in [2.05, 4.69) is 0 Å². The van der Waals surface area contributed by atoms with Gasteiger partial charge in [0.1, 0.15) is 5.82 Å². The Morgan fingerprint density at radius 3 is 2.09 bits per heavy atom. The maximum absolute atomic E-state index is 14.9. The molecule has 1 heterocycles. The monoisotopic (exact) mass is 452 g/mol. The molecular weight excluding hydrogens is 425 g/mol. The van der Waals surface area contributed by atoms with Crippen LogP contribution >= 0.6 is 0 Å². The van der Waals surface area contributed by atoms with E-state index in [1.807, 2.05) is 26.0 Å². The Kier molecular flexibility index (Phi) is 7.31. The lowest BCUT2D eigenvalue weighted by molar-refractivity contribution is -0.197. The summed E-state index contributed by atoms with van der Waals surface area (Å²) in [5, 5.41) is 0. The number of aryl methyl sites for hydroxylation is 1. The minimum atomic E-state index is -0.853. The highest BCUT2D eigenvalue weighted by Crippen LogP contribution is 2.32. The fourth-order valence-corrected chi connectivity index (χ4v) is 4.11. The van der Waals surface area contributed by atoms with Gasteiger partial charge in [-0.15, -0.1) is 0 Å². The van der Waals surface area contributed by atoms with E-state index in [4.69, 9.17) is 9.47 Å². The predicted molar refractivity (Wildman–Crippen MR) is 124 cm³/mol. The molecule has 0 amide bonds.